The van der Waals surface area contributed by atoms with Crippen molar-refractivity contribution in [3.63, 3.8) is 0 Å². The van der Waals surface area contributed by atoms with E-state index >= 15 is 0 Å². The summed E-state index contributed by atoms with van der Waals surface area (Å²) in [6.45, 7) is -0.505. The molecule has 2 nitrogen and oxygen atoms in total. The van der Waals surface area contributed by atoms with Crippen LogP contribution in [0.25, 0.3) is 0 Å². The second-order valence-electron chi connectivity index (χ2n) is 4.33. The molecule has 1 N–H and O–H groups in total. The minimum atomic E-state index is -0.505. The molecule has 1 atom stereocenters. The van der Waals surface area contributed by atoms with Crippen molar-refractivity contribution in [3.05, 3.63) is 70.7 Å². The highest BCUT2D eigenvalue weighted by Gasteiger charge is 2.15. The van der Waals surface area contributed by atoms with Gasteiger partial charge in [0.15, 0.2) is 0 Å². The maximum atomic E-state index is 12.7. The molecule has 0 aliphatic heterocycles. The molecule has 104 valence electrons. The van der Waals surface area contributed by atoms with Crippen molar-refractivity contribution in [2.45, 2.75) is 12.5 Å². The van der Waals surface area contributed by atoms with Crippen LogP contribution < -0.4 is 0 Å². The Morgan fingerprint density at radius 1 is 1.10 bits per heavy atom. The fourth-order valence-electron chi connectivity index (χ4n) is 1.87. The summed E-state index contributed by atoms with van der Waals surface area (Å²) < 4.78 is 18.3. The summed E-state index contributed by atoms with van der Waals surface area (Å²) in [5.74, 6) is 0.0407. The SMILES string of the molecule is N=C(OC(CCF)c1ccc(Cl)cc1)c1ccccc1. The molecule has 1 unspecified atom stereocenters. The van der Waals surface area contributed by atoms with Crippen LogP contribution in [0.2, 0.25) is 5.02 Å². The van der Waals surface area contributed by atoms with Crippen LogP contribution in [0.5, 0.6) is 0 Å². The summed E-state index contributed by atoms with van der Waals surface area (Å²) in [5.41, 5.74) is 1.48. The van der Waals surface area contributed by atoms with Gasteiger partial charge in [0.2, 0.25) is 5.90 Å². The lowest BCUT2D eigenvalue weighted by Crippen LogP contribution is -2.12. The van der Waals surface area contributed by atoms with Gasteiger partial charge in [-0.1, -0.05) is 41.9 Å². The Bertz CT molecular complexity index is 556. The molecule has 0 aliphatic rings. The molecular weight excluding hydrogens is 277 g/mol. The standard InChI is InChI=1S/C16H15ClFNO/c17-14-8-6-12(7-9-14)15(10-11-18)20-16(19)13-4-2-1-3-5-13/h1-9,15,19H,10-11H2. The molecule has 2 aromatic carbocycles. The summed E-state index contributed by atoms with van der Waals surface area (Å²) in [4.78, 5) is 0. The number of alkyl halides is 1. The van der Waals surface area contributed by atoms with Gasteiger partial charge >= 0.3 is 0 Å². The molecule has 0 saturated heterocycles. The molecule has 0 aliphatic carbocycles. The van der Waals surface area contributed by atoms with E-state index in [0.717, 1.165) is 5.56 Å². The average Bonchev–Trinajstić information content (AvgIpc) is 2.48. The third kappa shape index (κ3) is 3.81. The predicted molar refractivity (Wildman–Crippen MR) is 79.1 cm³/mol. The third-order valence-electron chi connectivity index (χ3n) is 2.91. The smallest absolute Gasteiger partial charge is 0.213 e. The van der Waals surface area contributed by atoms with Gasteiger partial charge in [0.1, 0.15) is 6.10 Å². The van der Waals surface area contributed by atoms with Gasteiger partial charge in [-0.25, -0.2) is 0 Å². The van der Waals surface area contributed by atoms with E-state index in [1.54, 1.807) is 36.4 Å². The molecule has 20 heavy (non-hydrogen) atoms. The van der Waals surface area contributed by atoms with Crippen LogP contribution in [0, 0.1) is 5.41 Å². The Kier molecular flexibility index (Phi) is 5.13. The van der Waals surface area contributed by atoms with Crippen molar-refractivity contribution < 1.29 is 9.13 Å². The summed E-state index contributed by atoms with van der Waals surface area (Å²) >= 11 is 5.84. The molecule has 2 rings (SSSR count). The zero-order chi connectivity index (χ0) is 14.4. The molecule has 0 bridgehead atoms. The van der Waals surface area contributed by atoms with Gasteiger partial charge in [-0.05, 0) is 29.8 Å². The average molecular weight is 292 g/mol. The molecule has 0 spiro atoms. The summed E-state index contributed by atoms with van der Waals surface area (Å²) in [7, 11) is 0. The monoisotopic (exact) mass is 291 g/mol. The summed E-state index contributed by atoms with van der Waals surface area (Å²) in [5, 5.41) is 8.58. The van der Waals surface area contributed by atoms with E-state index in [0.29, 0.717) is 10.6 Å². The normalized spacial score (nSPS) is 11.9. The minimum Gasteiger partial charge on any atom is -0.469 e. The van der Waals surface area contributed by atoms with Crippen LogP contribution in [-0.2, 0) is 4.74 Å². The lowest BCUT2D eigenvalue weighted by atomic mass is 10.1. The number of nitrogens with one attached hydrogen (secondary N) is 1. The van der Waals surface area contributed by atoms with E-state index in [1.807, 2.05) is 18.2 Å². The molecule has 0 fully saturated rings. The zero-order valence-electron chi connectivity index (χ0n) is 10.9. The van der Waals surface area contributed by atoms with Gasteiger partial charge in [-0.15, -0.1) is 0 Å². The number of hydrogen-bond acceptors (Lipinski definition) is 2. The lowest BCUT2D eigenvalue weighted by molar-refractivity contribution is 0.168. The van der Waals surface area contributed by atoms with Crippen LogP contribution in [0.15, 0.2) is 54.6 Å². The van der Waals surface area contributed by atoms with Crippen molar-refractivity contribution in [1.82, 2.24) is 0 Å². The second kappa shape index (κ2) is 7.06. The highest BCUT2D eigenvalue weighted by atomic mass is 35.5. The summed E-state index contributed by atoms with van der Waals surface area (Å²) in [6, 6.07) is 16.2. The zero-order valence-corrected chi connectivity index (χ0v) is 11.6. The molecule has 4 heteroatoms. The second-order valence-corrected chi connectivity index (χ2v) is 4.77. The first-order valence-electron chi connectivity index (χ1n) is 6.33. The Morgan fingerprint density at radius 2 is 1.75 bits per heavy atom. The molecule has 0 saturated carbocycles. The van der Waals surface area contributed by atoms with Crippen molar-refractivity contribution in [3.8, 4) is 0 Å². The van der Waals surface area contributed by atoms with Crippen molar-refractivity contribution in [1.29, 1.82) is 5.41 Å². The van der Waals surface area contributed by atoms with E-state index in [4.69, 9.17) is 21.7 Å². The first kappa shape index (κ1) is 14.5. The van der Waals surface area contributed by atoms with Crippen LogP contribution >= 0.6 is 11.6 Å². The van der Waals surface area contributed by atoms with Gasteiger partial charge in [-0.2, -0.15) is 0 Å². The third-order valence-corrected chi connectivity index (χ3v) is 3.16. The van der Waals surface area contributed by atoms with E-state index < -0.39 is 12.8 Å². The molecule has 2 aromatic rings. The van der Waals surface area contributed by atoms with Crippen molar-refractivity contribution in [2.75, 3.05) is 6.67 Å². The minimum absolute atomic E-state index is 0.0407. The van der Waals surface area contributed by atoms with E-state index in [1.165, 1.54) is 0 Å². The topological polar surface area (TPSA) is 33.1 Å². The molecular formula is C16H15ClFNO. The van der Waals surface area contributed by atoms with Crippen molar-refractivity contribution >= 4 is 17.5 Å². The van der Waals surface area contributed by atoms with E-state index in [2.05, 4.69) is 0 Å². The molecule has 0 radical (unpaired) electrons. The molecule has 0 aromatic heterocycles. The highest BCUT2D eigenvalue weighted by Crippen LogP contribution is 2.24. The largest absolute Gasteiger partial charge is 0.469 e. The maximum Gasteiger partial charge on any atom is 0.213 e. The van der Waals surface area contributed by atoms with Crippen LogP contribution in [0.1, 0.15) is 23.7 Å². The van der Waals surface area contributed by atoms with Gasteiger partial charge in [-0.3, -0.25) is 9.80 Å². The number of ether oxygens (including phenoxy) is 1. The first-order chi connectivity index (χ1) is 9.70. The Morgan fingerprint density at radius 3 is 2.35 bits per heavy atom. The predicted octanol–water partition coefficient (Wildman–Crippen LogP) is 4.78. The number of hydrogen-bond donors (Lipinski definition) is 1. The Labute approximate surface area is 122 Å². The number of halogens is 2. The van der Waals surface area contributed by atoms with Gasteiger partial charge < -0.3 is 4.74 Å². The number of benzene rings is 2. The number of rotatable bonds is 5. The van der Waals surface area contributed by atoms with Gasteiger partial charge in [0.05, 0.1) is 6.67 Å². The van der Waals surface area contributed by atoms with Gasteiger partial charge in [0, 0.05) is 17.0 Å². The molecule has 0 heterocycles. The fourth-order valence-corrected chi connectivity index (χ4v) is 2.00. The molecule has 0 amide bonds. The Balaban J connectivity index is 2.13. The fraction of sp³-hybridized carbons (Fsp3) is 0.188. The Hall–Kier alpha value is -1.87. The summed E-state index contributed by atoms with van der Waals surface area (Å²) in [6.07, 6.45) is -0.276. The van der Waals surface area contributed by atoms with Gasteiger partial charge in [0.25, 0.3) is 0 Å². The van der Waals surface area contributed by atoms with E-state index in [-0.39, 0.29) is 12.3 Å². The van der Waals surface area contributed by atoms with Crippen molar-refractivity contribution in [2.24, 2.45) is 0 Å². The maximum absolute atomic E-state index is 12.7. The lowest BCUT2D eigenvalue weighted by Gasteiger charge is -2.19. The first-order valence-corrected chi connectivity index (χ1v) is 6.70. The van der Waals surface area contributed by atoms with E-state index in [9.17, 15) is 4.39 Å². The van der Waals surface area contributed by atoms with Crippen LogP contribution in [-0.4, -0.2) is 12.6 Å². The highest BCUT2D eigenvalue weighted by molar-refractivity contribution is 6.30. The van der Waals surface area contributed by atoms with Crippen LogP contribution in [0.4, 0.5) is 4.39 Å². The quantitative estimate of drug-likeness (QED) is 0.624. The van der Waals surface area contributed by atoms with Crippen LogP contribution in [0.3, 0.4) is 0 Å².